The molecule has 0 aliphatic heterocycles. The smallest absolute Gasteiger partial charge is 0.111 e. The van der Waals surface area contributed by atoms with E-state index >= 15 is 0 Å². The number of hydrogen-bond donors (Lipinski definition) is 1. The number of rotatable bonds is 6. The summed E-state index contributed by atoms with van der Waals surface area (Å²) in [5.41, 5.74) is 0. The molecular formula is C8H16O2. The van der Waals surface area contributed by atoms with Crippen molar-refractivity contribution in [3.63, 3.8) is 0 Å². The third-order valence-corrected chi connectivity index (χ3v) is 1.49. The van der Waals surface area contributed by atoms with Crippen LogP contribution < -0.4 is 0 Å². The molecule has 10 heavy (non-hydrogen) atoms. The zero-order valence-corrected chi connectivity index (χ0v) is 6.55. The molecule has 0 amide bonds. The lowest BCUT2D eigenvalue weighted by Gasteiger charge is -2.06. The average molecular weight is 144 g/mol. The molecule has 2 nitrogen and oxygen atoms in total. The summed E-state index contributed by atoms with van der Waals surface area (Å²) in [6.45, 7) is 5.67. The lowest BCUT2D eigenvalue weighted by Crippen LogP contribution is -2.05. The Morgan fingerprint density at radius 3 is 2.70 bits per heavy atom. The van der Waals surface area contributed by atoms with Gasteiger partial charge < -0.3 is 0 Å². The third-order valence-electron chi connectivity index (χ3n) is 1.49. The quantitative estimate of drug-likeness (QED) is 0.269. The molecule has 60 valence electrons. The maximum absolute atomic E-state index is 8.25. The molecule has 0 spiro atoms. The Hall–Kier alpha value is -0.340. The van der Waals surface area contributed by atoms with Crippen LogP contribution in [0.3, 0.4) is 0 Å². The molecule has 1 unspecified atom stereocenters. The van der Waals surface area contributed by atoms with Crippen molar-refractivity contribution >= 4 is 0 Å². The highest BCUT2D eigenvalue weighted by molar-refractivity contribution is 4.78. The van der Waals surface area contributed by atoms with E-state index in [-0.39, 0.29) is 6.10 Å². The zero-order valence-electron chi connectivity index (χ0n) is 6.55. The highest BCUT2D eigenvalue weighted by atomic mass is 17.1. The van der Waals surface area contributed by atoms with Gasteiger partial charge in [-0.1, -0.05) is 32.3 Å². The van der Waals surface area contributed by atoms with E-state index in [2.05, 4.69) is 18.4 Å². The van der Waals surface area contributed by atoms with Crippen molar-refractivity contribution < 1.29 is 10.1 Å². The van der Waals surface area contributed by atoms with Crippen molar-refractivity contribution in [3.8, 4) is 0 Å². The van der Waals surface area contributed by atoms with Gasteiger partial charge in [0.2, 0.25) is 0 Å². The van der Waals surface area contributed by atoms with E-state index in [1.54, 1.807) is 6.08 Å². The molecule has 1 atom stereocenters. The van der Waals surface area contributed by atoms with Gasteiger partial charge >= 0.3 is 0 Å². The fourth-order valence-corrected chi connectivity index (χ4v) is 0.809. The van der Waals surface area contributed by atoms with Gasteiger partial charge in [0.15, 0.2) is 0 Å². The molecule has 0 bridgehead atoms. The minimum absolute atomic E-state index is 0.174. The molecule has 0 radical (unpaired) electrons. The molecular weight excluding hydrogens is 128 g/mol. The molecule has 1 N–H and O–H groups in total. The Labute approximate surface area is 62.4 Å². The minimum atomic E-state index is -0.174. The molecule has 0 rings (SSSR count). The SMILES string of the molecule is C=CC(CCCCC)OO. The van der Waals surface area contributed by atoms with Gasteiger partial charge in [-0.05, 0) is 6.42 Å². The fourth-order valence-electron chi connectivity index (χ4n) is 0.809. The minimum Gasteiger partial charge on any atom is -0.251 e. The van der Waals surface area contributed by atoms with E-state index in [0.717, 1.165) is 12.8 Å². The van der Waals surface area contributed by atoms with Crippen molar-refractivity contribution in [2.45, 2.75) is 38.7 Å². The summed E-state index contributed by atoms with van der Waals surface area (Å²) >= 11 is 0. The van der Waals surface area contributed by atoms with Crippen LogP contribution in [-0.2, 0) is 4.89 Å². The molecule has 0 saturated heterocycles. The largest absolute Gasteiger partial charge is 0.251 e. The zero-order chi connectivity index (χ0) is 7.82. The molecule has 0 heterocycles. The van der Waals surface area contributed by atoms with Crippen molar-refractivity contribution in [2.75, 3.05) is 0 Å². The first-order chi connectivity index (χ1) is 4.85. The lowest BCUT2D eigenvalue weighted by molar-refractivity contribution is -0.267. The Kier molecular flexibility index (Phi) is 6.55. The summed E-state index contributed by atoms with van der Waals surface area (Å²) in [6, 6.07) is 0. The van der Waals surface area contributed by atoms with Crippen LogP contribution in [0.25, 0.3) is 0 Å². The summed E-state index contributed by atoms with van der Waals surface area (Å²) < 4.78 is 0. The fraction of sp³-hybridized carbons (Fsp3) is 0.750. The first-order valence-corrected chi connectivity index (χ1v) is 3.78. The van der Waals surface area contributed by atoms with E-state index in [9.17, 15) is 0 Å². The predicted octanol–water partition coefficient (Wildman–Crippen LogP) is 2.61. The van der Waals surface area contributed by atoms with Gasteiger partial charge in [0, 0.05) is 0 Å². The summed E-state index contributed by atoms with van der Waals surface area (Å²) in [5.74, 6) is 0. The van der Waals surface area contributed by atoms with Crippen LogP contribution in [0.1, 0.15) is 32.6 Å². The topological polar surface area (TPSA) is 29.5 Å². The molecule has 0 aromatic heterocycles. The third kappa shape index (κ3) is 4.53. The molecule has 2 heteroatoms. The van der Waals surface area contributed by atoms with Crippen LogP contribution in [0.5, 0.6) is 0 Å². The molecule has 0 aliphatic carbocycles. The van der Waals surface area contributed by atoms with E-state index in [1.807, 2.05) is 0 Å². The first-order valence-electron chi connectivity index (χ1n) is 3.78. The van der Waals surface area contributed by atoms with E-state index in [4.69, 9.17) is 5.26 Å². The van der Waals surface area contributed by atoms with Crippen LogP contribution in [-0.4, -0.2) is 11.4 Å². The van der Waals surface area contributed by atoms with Gasteiger partial charge in [0.05, 0.1) is 0 Å². The first kappa shape index (κ1) is 9.66. The summed E-state index contributed by atoms with van der Waals surface area (Å²) in [5, 5.41) is 8.25. The summed E-state index contributed by atoms with van der Waals surface area (Å²) in [4.78, 5) is 4.13. The summed E-state index contributed by atoms with van der Waals surface area (Å²) in [7, 11) is 0. The number of unbranched alkanes of at least 4 members (excludes halogenated alkanes) is 2. The Morgan fingerprint density at radius 2 is 2.30 bits per heavy atom. The lowest BCUT2D eigenvalue weighted by atomic mass is 10.1. The molecule has 0 aromatic carbocycles. The standard InChI is InChI=1S/C8H16O2/c1-3-5-6-7-8(4-2)10-9/h4,8-9H,2-3,5-7H2,1H3. The van der Waals surface area contributed by atoms with Crippen molar-refractivity contribution in [2.24, 2.45) is 0 Å². The maximum atomic E-state index is 8.25. The Bertz CT molecular complexity index is 81.3. The molecule has 0 aliphatic rings. The summed E-state index contributed by atoms with van der Waals surface area (Å²) in [6.07, 6.45) is 5.78. The van der Waals surface area contributed by atoms with Gasteiger partial charge in [-0.2, -0.15) is 0 Å². The van der Waals surface area contributed by atoms with Crippen LogP contribution in [0.2, 0.25) is 0 Å². The second kappa shape index (κ2) is 6.78. The molecule has 0 saturated carbocycles. The monoisotopic (exact) mass is 144 g/mol. The normalized spacial score (nSPS) is 13.0. The van der Waals surface area contributed by atoms with Gasteiger partial charge in [-0.25, -0.2) is 4.89 Å². The van der Waals surface area contributed by atoms with Gasteiger partial charge in [-0.3, -0.25) is 5.26 Å². The predicted molar refractivity (Wildman–Crippen MR) is 41.8 cm³/mol. The second-order valence-electron chi connectivity index (χ2n) is 2.38. The highest BCUT2D eigenvalue weighted by Crippen LogP contribution is 2.05. The number of hydrogen-bond acceptors (Lipinski definition) is 2. The van der Waals surface area contributed by atoms with E-state index in [1.165, 1.54) is 12.8 Å². The van der Waals surface area contributed by atoms with E-state index in [0.29, 0.717) is 0 Å². The van der Waals surface area contributed by atoms with Crippen LogP contribution in [0.15, 0.2) is 12.7 Å². The Balaban J connectivity index is 3.17. The van der Waals surface area contributed by atoms with Crippen LogP contribution in [0, 0.1) is 0 Å². The molecule has 0 aromatic rings. The Morgan fingerprint density at radius 1 is 1.60 bits per heavy atom. The van der Waals surface area contributed by atoms with Crippen molar-refractivity contribution in [1.82, 2.24) is 0 Å². The highest BCUT2D eigenvalue weighted by Gasteiger charge is 2.01. The van der Waals surface area contributed by atoms with Crippen LogP contribution in [0.4, 0.5) is 0 Å². The van der Waals surface area contributed by atoms with Crippen LogP contribution >= 0.6 is 0 Å². The maximum Gasteiger partial charge on any atom is 0.111 e. The average Bonchev–Trinajstić information content (AvgIpc) is 1.99. The van der Waals surface area contributed by atoms with Gasteiger partial charge in [-0.15, -0.1) is 6.58 Å². The van der Waals surface area contributed by atoms with Gasteiger partial charge in [0.25, 0.3) is 0 Å². The van der Waals surface area contributed by atoms with Crippen molar-refractivity contribution in [3.05, 3.63) is 12.7 Å². The molecule has 0 fully saturated rings. The van der Waals surface area contributed by atoms with Crippen molar-refractivity contribution in [1.29, 1.82) is 0 Å². The second-order valence-corrected chi connectivity index (χ2v) is 2.38. The van der Waals surface area contributed by atoms with E-state index < -0.39 is 0 Å². The van der Waals surface area contributed by atoms with Gasteiger partial charge in [0.1, 0.15) is 6.10 Å².